The highest BCUT2D eigenvalue weighted by molar-refractivity contribution is 7.13. The Bertz CT molecular complexity index is 906. The predicted molar refractivity (Wildman–Crippen MR) is 94.8 cm³/mol. The Labute approximate surface area is 152 Å². The van der Waals surface area contributed by atoms with Gasteiger partial charge in [0.1, 0.15) is 10.7 Å². The first-order valence-corrected chi connectivity index (χ1v) is 8.65. The first-order valence-electron chi connectivity index (χ1n) is 7.77. The van der Waals surface area contributed by atoms with E-state index >= 15 is 0 Å². The van der Waals surface area contributed by atoms with Crippen LogP contribution in [0.3, 0.4) is 0 Å². The fraction of sp³-hybridized carbons (Fsp3) is 0.158. The Morgan fingerprint density at radius 3 is 2.54 bits per heavy atom. The number of carbonyl (C=O) groups is 1. The zero-order valence-corrected chi connectivity index (χ0v) is 14.6. The fourth-order valence-electron chi connectivity index (χ4n) is 2.46. The molecule has 134 valence electrons. The Morgan fingerprint density at radius 1 is 1.12 bits per heavy atom. The Morgan fingerprint density at radius 2 is 1.85 bits per heavy atom. The maximum absolute atomic E-state index is 12.9. The number of nitrogens with zero attached hydrogens (tertiary/aromatic N) is 2. The van der Waals surface area contributed by atoms with Gasteiger partial charge in [-0.2, -0.15) is 13.2 Å². The van der Waals surface area contributed by atoms with Crippen LogP contribution in [0.2, 0.25) is 0 Å². The van der Waals surface area contributed by atoms with Crippen molar-refractivity contribution in [2.75, 3.05) is 7.05 Å². The van der Waals surface area contributed by atoms with Crippen molar-refractivity contribution in [3.63, 3.8) is 0 Å². The molecule has 1 heterocycles. The summed E-state index contributed by atoms with van der Waals surface area (Å²) in [6, 6.07) is 14.4. The SMILES string of the molecule is CN(Cc1ccccc1)C(=O)c1csc(-c2cccc(C(F)(F)F)c2)n1. The van der Waals surface area contributed by atoms with Crippen molar-refractivity contribution in [2.24, 2.45) is 0 Å². The molecule has 0 aliphatic heterocycles. The molecule has 3 nitrogen and oxygen atoms in total. The smallest absolute Gasteiger partial charge is 0.336 e. The van der Waals surface area contributed by atoms with Crippen LogP contribution >= 0.6 is 11.3 Å². The van der Waals surface area contributed by atoms with Gasteiger partial charge in [-0.1, -0.05) is 42.5 Å². The topological polar surface area (TPSA) is 33.2 Å². The predicted octanol–water partition coefficient (Wildman–Crippen LogP) is 5.10. The molecule has 0 aliphatic rings. The van der Waals surface area contributed by atoms with Crippen molar-refractivity contribution in [3.8, 4) is 10.6 Å². The van der Waals surface area contributed by atoms with Crippen LogP contribution in [0.4, 0.5) is 13.2 Å². The quantitative estimate of drug-likeness (QED) is 0.635. The van der Waals surface area contributed by atoms with Crippen molar-refractivity contribution < 1.29 is 18.0 Å². The van der Waals surface area contributed by atoms with Gasteiger partial charge in [0.2, 0.25) is 0 Å². The van der Waals surface area contributed by atoms with Crippen LogP contribution in [0.25, 0.3) is 10.6 Å². The highest BCUT2D eigenvalue weighted by atomic mass is 32.1. The van der Waals surface area contributed by atoms with Crippen molar-refractivity contribution in [3.05, 3.63) is 76.8 Å². The normalized spacial score (nSPS) is 11.4. The second kappa shape index (κ2) is 7.29. The molecule has 2 aromatic carbocycles. The number of hydrogen-bond acceptors (Lipinski definition) is 3. The number of alkyl halides is 3. The van der Waals surface area contributed by atoms with Gasteiger partial charge >= 0.3 is 6.18 Å². The van der Waals surface area contributed by atoms with Gasteiger partial charge < -0.3 is 4.90 Å². The van der Waals surface area contributed by atoms with Crippen molar-refractivity contribution in [2.45, 2.75) is 12.7 Å². The number of halogens is 3. The van der Waals surface area contributed by atoms with Crippen molar-refractivity contribution in [1.82, 2.24) is 9.88 Å². The second-order valence-electron chi connectivity index (χ2n) is 5.76. The zero-order chi connectivity index (χ0) is 18.7. The van der Waals surface area contributed by atoms with Gasteiger partial charge in [0, 0.05) is 24.5 Å². The summed E-state index contributed by atoms with van der Waals surface area (Å²) >= 11 is 1.15. The molecule has 0 fully saturated rings. The Hall–Kier alpha value is -2.67. The molecule has 1 amide bonds. The van der Waals surface area contributed by atoms with Gasteiger partial charge in [0.05, 0.1) is 5.56 Å². The first-order chi connectivity index (χ1) is 12.3. The van der Waals surface area contributed by atoms with Crippen LogP contribution in [0.5, 0.6) is 0 Å². The average molecular weight is 376 g/mol. The molecule has 0 unspecified atom stereocenters. The molecule has 26 heavy (non-hydrogen) atoms. The van der Waals surface area contributed by atoms with E-state index in [1.807, 2.05) is 30.3 Å². The largest absolute Gasteiger partial charge is 0.416 e. The number of amides is 1. The van der Waals surface area contributed by atoms with Gasteiger partial charge in [0.15, 0.2) is 0 Å². The lowest BCUT2D eigenvalue weighted by atomic mass is 10.1. The Balaban J connectivity index is 1.78. The van der Waals surface area contributed by atoms with E-state index in [0.29, 0.717) is 17.1 Å². The lowest BCUT2D eigenvalue weighted by molar-refractivity contribution is -0.137. The lowest BCUT2D eigenvalue weighted by Crippen LogP contribution is -2.26. The monoisotopic (exact) mass is 376 g/mol. The number of benzene rings is 2. The van der Waals surface area contributed by atoms with E-state index in [2.05, 4.69) is 4.98 Å². The highest BCUT2D eigenvalue weighted by Crippen LogP contribution is 2.33. The summed E-state index contributed by atoms with van der Waals surface area (Å²) in [5, 5.41) is 1.95. The van der Waals surface area contributed by atoms with E-state index < -0.39 is 11.7 Å². The minimum absolute atomic E-state index is 0.223. The number of aromatic nitrogens is 1. The van der Waals surface area contributed by atoms with Crippen LogP contribution < -0.4 is 0 Å². The van der Waals surface area contributed by atoms with Crippen LogP contribution in [-0.2, 0) is 12.7 Å². The minimum atomic E-state index is -4.41. The summed E-state index contributed by atoms with van der Waals surface area (Å²) in [6.07, 6.45) is -4.41. The standard InChI is InChI=1S/C19H15F3N2OS/c1-24(11-13-6-3-2-4-7-13)18(25)16-12-26-17(23-16)14-8-5-9-15(10-14)19(20,21)22/h2-10,12H,11H2,1H3. The van der Waals surface area contributed by atoms with Gasteiger partial charge in [-0.15, -0.1) is 11.3 Å². The fourth-order valence-corrected chi connectivity index (χ4v) is 3.25. The number of rotatable bonds is 4. The molecule has 0 saturated heterocycles. The molecule has 0 bridgehead atoms. The molecule has 0 radical (unpaired) electrons. The van der Waals surface area contributed by atoms with E-state index in [4.69, 9.17) is 0 Å². The third-order valence-corrected chi connectivity index (χ3v) is 4.66. The summed E-state index contributed by atoms with van der Waals surface area (Å²) in [4.78, 5) is 18.3. The Kier molecular flexibility index (Phi) is 5.08. The van der Waals surface area contributed by atoms with Gasteiger partial charge in [0.25, 0.3) is 5.91 Å². The summed E-state index contributed by atoms with van der Waals surface area (Å²) in [7, 11) is 1.67. The molecule has 3 aromatic rings. The number of thiazole rings is 1. The highest BCUT2D eigenvalue weighted by Gasteiger charge is 2.30. The zero-order valence-electron chi connectivity index (χ0n) is 13.8. The number of carbonyl (C=O) groups excluding carboxylic acids is 1. The summed E-state index contributed by atoms with van der Waals surface area (Å²) in [5.74, 6) is -0.275. The van der Waals surface area contributed by atoms with E-state index in [-0.39, 0.29) is 11.6 Å². The van der Waals surface area contributed by atoms with Crippen molar-refractivity contribution in [1.29, 1.82) is 0 Å². The van der Waals surface area contributed by atoms with Crippen LogP contribution in [-0.4, -0.2) is 22.8 Å². The maximum atomic E-state index is 12.9. The van der Waals surface area contributed by atoms with Crippen LogP contribution in [0, 0.1) is 0 Å². The summed E-state index contributed by atoms with van der Waals surface area (Å²) in [5.41, 5.74) is 0.811. The van der Waals surface area contributed by atoms with Gasteiger partial charge in [-0.05, 0) is 17.7 Å². The van der Waals surface area contributed by atoms with E-state index in [1.165, 1.54) is 11.0 Å². The molecular weight excluding hydrogens is 361 g/mol. The lowest BCUT2D eigenvalue weighted by Gasteiger charge is -2.15. The maximum Gasteiger partial charge on any atom is 0.416 e. The molecule has 0 N–H and O–H groups in total. The third kappa shape index (κ3) is 4.11. The average Bonchev–Trinajstić information content (AvgIpc) is 3.11. The second-order valence-corrected chi connectivity index (χ2v) is 6.62. The number of hydrogen-bond donors (Lipinski definition) is 0. The molecule has 0 aliphatic carbocycles. The molecular formula is C19H15F3N2OS. The van der Waals surface area contributed by atoms with E-state index in [0.717, 1.165) is 29.0 Å². The molecule has 0 saturated carbocycles. The summed E-state index contributed by atoms with van der Waals surface area (Å²) < 4.78 is 38.6. The first kappa shape index (κ1) is 18.1. The van der Waals surface area contributed by atoms with Crippen LogP contribution in [0.15, 0.2) is 60.0 Å². The summed E-state index contributed by atoms with van der Waals surface area (Å²) in [6.45, 7) is 0.427. The molecule has 7 heteroatoms. The molecule has 1 aromatic heterocycles. The molecule has 0 spiro atoms. The third-order valence-electron chi connectivity index (χ3n) is 3.77. The minimum Gasteiger partial charge on any atom is -0.336 e. The van der Waals surface area contributed by atoms with Gasteiger partial charge in [-0.3, -0.25) is 4.79 Å². The van der Waals surface area contributed by atoms with E-state index in [9.17, 15) is 18.0 Å². The molecule has 0 atom stereocenters. The molecule has 3 rings (SSSR count). The van der Waals surface area contributed by atoms with Crippen molar-refractivity contribution >= 4 is 17.2 Å². The van der Waals surface area contributed by atoms with Crippen LogP contribution in [0.1, 0.15) is 21.6 Å². The van der Waals surface area contributed by atoms with E-state index in [1.54, 1.807) is 18.5 Å². The van der Waals surface area contributed by atoms with Gasteiger partial charge in [-0.25, -0.2) is 4.98 Å².